The van der Waals surface area contributed by atoms with Crippen molar-refractivity contribution in [1.82, 2.24) is 4.31 Å². The van der Waals surface area contributed by atoms with E-state index in [-0.39, 0.29) is 5.75 Å². The Morgan fingerprint density at radius 3 is 2.42 bits per heavy atom. The summed E-state index contributed by atoms with van der Waals surface area (Å²) in [7, 11) is -3.06. The standard InChI is InChI=1S/C13H19ClN2O2S/c1-3-19(17,18)16-9-7-15(8-10-16)13-6-4-5-12(14)11(13)2/h4-6H,3,7-10H2,1-2H3. The van der Waals surface area contributed by atoms with Crippen molar-refractivity contribution in [2.45, 2.75) is 13.8 Å². The van der Waals surface area contributed by atoms with Gasteiger partial charge in [-0.1, -0.05) is 17.7 Å². The molecule has 0 unspecified atom stereocenters. The van der Waals surface area contributed by atoms with Crippen molar-refractivity contribution in [2.75, 3.05) is 36.8 Å². The van der Waals surface area contributed by atoms with E-state index in [1.165, 1.54) is 0 Å². The Morgan fingerprint density at radius 1 is 1.21 bits per heavy atom. The second-order valence-electron chi connectivity index (χ2n) is 4.67. The molecule has 106 valence electrons. The highest BCUT2D eigenvalue weighted by Crippen LogP contribution is 2.27. The number of nitrogens with zero attached hydrogens (tertiary/aromatic N) is 2. The molecule has 0 atom stereocenters. The average molecular weight is 303 g/mol. The molecular formula is C13H19ClN2O2S. The summed E-state index contributed by atoms with van der Waals surface area (Å²) in [6.45, 7) is 6.18. The zero-order chi connectivity index (χ0) is 14.0. The highest BCUT2D eigenvalue weighted by Gasteiger charge is 2.26. The van der Waals surface area contributed by atoms with Gasteiger partial charge < -0.3 is 4.90 Å². The van der Waals surface area contributed by atoms with Gasteiger partial charge in [-0.3, -0.25) is 0 Å². The summed E-state index contributed by atoms with van der Waals surface area (Å²) in [5, 5.41) is 0.751. The van der Waals surface area contributed by atoms with Gasteiger partial charge in [-0.05, 0) is 31.5 Å². The molecular weight excluding hydrogens is 284 g/mol. The molecule has 0 spiro atoms. The van der Waals surface area contributed by atoms with Crippen molar-refractivity contribution in [3.8, 4) is 0 Å². The first-order valence-corrected chi connectivity index (χ1v) is 8.42. The maximum Gasteiger partial charge on any atom is 0.213 e. The van der Waals surface area contributed by atoms with Crippen LogP contribution in [0, 0.1) is 6.92 Å². The maximum absolute atomic E-state index is 11.8. The highest BCUT2D eigenvalue weighted by molar-refractivity contribution is 7.89. The highest BCUT2D eigenvalue weighted by atomic mass is 35.5. The van der Waals surface area contributed by atoms with Crippen molar-refractivity contribution >= 4 is 27.3 Å². The van der Waals surface area contributed by atoms with Gasteiger partial charge in [0.15, 0.2) is 0 Å². The van der Waals surface area contributed by atoms with Gasteiger partial charge in [0.2, 0.25) is 10.0 Å². The van der Waals surface area contributed by atoms with Crippen LogP contribution in [-0.4, -0.2) is 44.7 Å². The molecule has 0 N–H and O–H groups in total. The second-order valence-corrected chi connectivity index (χ2v) is 7.34. The van der Waals surface area contributed by atoms with E-state index < -0.39 is 10.0 Å². The molecule has 0 aromatic heterocycles. The van der Waals surface area contributed by atoms with Gasteiger partial charge in [0.1, 0.15) is 0 Å². The van der Waals surface area contributed by atoms with Gasteiger partial charge >= 0.3 is 0 Å². The normalized spacial score (nSPS) is 17.7. The van der Waals surface area contributed by atoms with Crippen LogP contribution in [0.5, 0.6) is 0 Å². The van der Waals surface area contributed by atoms with E-state index in [4.69, 9.17) is 11.6 Å². The van der Waals surface area contributed by atoms with Crippen molar-refractivity contribution in [3.63, 3.8) is 0 Å². The SMILES string of the molecule is CCS(=O)(=O)N1CCN(c2cccc(Cl)c2C)CC1. The number of anilines is 1. The minimum Gasteiger partial charge on any atom is -0.369 e. The fraction of sp³-hybridized carbons (Fsp3) is 0.538. The molecule has 1 aliphatic rings. The van der Waals surface area contributed by atoms with Crippen LogP contribution in [0.15, 0.2) is 18.2 Å². The Kier molecular flexibility index (Phi) is 4.38. The zero-order valence-corrected chi connectivity index (χ0v) is 12.8. The second kappa shape index (κ2) is 5.69. The third-order valence-electron chi connectivity index (χ3n) is 3.58. The molecule has 0 aliphatic carbocycles. The molecule has 0 saturated carbocycles. The van der Waals surface area contributed by atoms with E-state index in [2.05, 4.69) is 4.90 Å². The topological polar surface area (TPSA) is 40.6 Å². The van der Waals surface area contributed by atoms with E-state index >= 15 is 0 Å². The molecule has 19 heavy (non-hydrogen) atoms. The molecule has 1 fully saturated rings. The molecule has 0 radical (unpaired) electrons. The van der Waals surface area contributed by atoms with E-state index in [1.807, 2.05) is 25.1 Å². The number of halogens is 1. The summed E-state index contributed by atoms with van der Waals surface area (Å²) >= 11 is 6.12. The van der Waals surface area contributed by atoms with Gasteiger partial charge in [-0.25, -0.2) is 8.42 Å². The lowest BCUT2D eigenvalue weighted by molar-refractivity contribution is 0.385. The minimum atomic E-state index is -3.06. The Hall–Kier alpha value is -0.780. The Morgan fingerprint density at radius 2 is 1.84 bits per heavy atom. The van der Waals surface area contributed by atoms with Gasteiger partial charge in [-0.15, -0.1) is 0 Å². The third kappa shape index (κ3) is 3.04. The van der Waals surface area contributed by atoms with E-state index in [1.54, 1.807) is 11.2 Å². The third-order valence-corrected chi connectivity index (χ3v) is 5.87. The predicted molar refractivity (Wildman–Crippen MR) is 79.4 cm³/mol. The van der Waals surface area contributed by atoms with Gasteiger partial charge in [-0.2, -0.15) is 4.31 Å². The van der Waals surface area contributed by atoms with Crippen molar-refractivity contribution in [3.05, 3.63) is 28.8 Å². The molecule has 1 aromatic carbocycles. The molecule has 1 aromatic rings. The van der Waals surface area contributed by atoms with Crippen LogP contribution < -0.4 is 4.90 Å². The fourth-order valence-electron chi connectivity index (χ4n) is 2.33. The first-order chi connectivity index (χ1) is 8.95. The molecule has 1 heterocycles. The van der Waals surface area contributed by atoms with Crippen LogP contribution in [0.4, 0.5) is 5.69 Å². The first kappa shape index (κ1) is 14.6. The number of hydrogen-bond donors (Lipinski definition) is 0. The smallest absolute Gasteiger partial charge is 0.213 e. The van der Waals surface area contributed by atoms with Gasteiger partial charge in [0, 0.05) is 36.9 Å². The predicted octanol–water partition coefficient (Wildman–Crippen LogP) is 2.12. The molecule has 0 amide bonds. The Balaban J connectivity index is 2.10. The van der Waals surface area contributed by atoms with Crippen LogP contribution in [0.2, 0.25) is 5.02 Å². The molecule has 6 heteroatoms. The van der Waals surface area contributed by atoms with E-state index in [0.29, 0.717) is 26.2 Å². The summed E-state index contributed by atoms with van der Waals surface area (Å²) in [6.07, 6.45) is 0. The van der Waals surface area contributed by atoms with Crippen molar-refractivity contribution in [1.29, 1.82) is 0 Å². The fourth-order valence-corrected chi connectivity index (χ4v) is 3.58. The van der Waals surface area contributed by atoms with Crippen molar-refractivity contribution < 1.29 is 8.42 Å². The van der Waals surface area contributed by atoms with Crippen molar-refractivity contribution in [2.24, 2.45) is 0 Å². The minimum absolute atomic E-state index is 0.170. The Bertz CT molecular complexity index is 552. The molecule has 1 saturated heterocycles. The van der Waals surface area contributed by atoms with Crippen LogP contribution in [-0.2, 0) is 10.0 Å². The molecule has 0 bridgehead atoms. The summed E-state index contributed by atoms with van der Waals surface area (Å²) in [5.74, 6) is 0.170. The first-order valence-electron chi connectivity index (χ1n) is 6.43. The van der Waals surface area contributed by atoms with Crippen LogP contribution >= 0.6 is 11.6 Å². The number of sulfonamides is 1. The molecule has 4 nitrogen and oxygen atoms in total. The number of rotatable bonds is 3. The Labute approximate surface area is 120 Å². The lowest BCUT2D eigenvalue weighted by Gasteiger charge is -2.36. The van der Waals surface area contributed by atoms with Gasteiger partial charge in [0.05, 0.1) is 5.75 Å². The number of hydrogen-bond acceptors (Lipinski definition) is 3. The van der Waals surface area contributed by atoms with E-state index in [9.17, 15) is 8.42 Å². The van der Waals surface area contributed by atoms with Crippen LogP contribution in [0.25, 0.3) is 0 Å². The van der Waals surface area contributed by atoms with E-state index in [0.717, 1.165) is 16.3 Å². The summed E-state index contributed by atoms with van der Waals surface area (Å²) < 4.78 is 25.2. The van der Waals surface area contributed by atoms with Crippen LogP contribution in [0.1, 0.15) is 12.5 Å². The zero-order valence-electron chi connectivity index (χ0n) is 11.3. The monoisotopic (exact) mass is 302 g/mol. The largest absolute Gasteiger partial charge is 0.369 e. The average Bonchev–Trinajstić information content (AvgIpc) is 2.42. The summed E-state index contributed by atoms with van der Waals surface area (Å²) in [6, 6.07) is 5.84. The van der Waals surface area contributed by atoms with Gasteiger partial charge in [0.25, 0.3) is 0 Å². The number of piperazine rings is 1. The summed E-state index contributed by atoms with van der Waals surface area (Å²) in [4.78, 5) is 2.20. The van der Waals surface area contributed by atoms with Crippen LogP contribution in [0.3, 0.4) is 0 Å². The molecule has 1 aliphatic heterocycles. The molecule has 2 rings (SSSR count). The maximum atomic E-state index is 11.8. The lowest BCUT2D eigenvalue weighted by Crippen LogP contribution is -2.49. The quantitative estimate of drug-likeness (QED) is 0.859. The lowest BCUT2D eigenvalue weighted by atomic mass is 10.1. The number of benzene rings is 1. The summed E-state index contributed by atoms with van der Waals surface area (Å²) in [5.41, 5.74) is 2.15.